The monoisotopic (exact) mass is 323 g/mol. The summed E-state index contributed by atoms with van der Waals surface area (Å²) in [5.74, 6) is 0.290. The van der Waals surface area contributed by atoms with Gasteiger partial charge in [-0.3, -0.25) is 14.6 Å². The number of para-hydroxylation sites is 1. The summed E-state index contributed by atoms with van der Waals surface area (Å²) in [4.78, 5) is 31.2. The Morgan fingerprint density at radius 2 is 2.12 bits per heavy atom. The molecule has 1 unspecified atom stereocenters. The van der Waals surface area contributed by atoms with E-state index in [1.807, 2.05) is 13.0 Å². The number of aromatic nitrogens is 2. The van der Waals surface area contributed by atoms with Crippen molar-refractivity contribution in [3.63, 3.8) is 0 Å². The van der Waals surface area contributed by atoms with Crippen molar-refractivity contribution in [3.8, 4) is 5.75 Å². The van der Waals surface area contributed by atoms with Crippen molar-refractivity contribution in [1.82, 2.24) is 15.3 Å². The minimum Gasteiger partial charge on any atom is -0.487 e. The zero-order chi connectivity index (χ0) is 16.9. The van der Waals surface area contributed by atoms with Crippen LogP contribution in [-0.4, -0.2) is 28.5 Å². The summed E-state index contributed by atoms with van der Waals surface area (Å²) in [5, 5.41) is 3.31. The number of nitrogens with zero attached hydrogens (tertiary/aromatic N) is 1. The van der Waals surface area contributed by atoms with Gasteiger partial charge in [-0.25, -0.2) is 0 Å². The highest BCUT2D eigenvalue weighted by molar-refractivity contribution is 5.94. The van der Waals surface area contributed by atoms with Crippen LogP contribution in [0, 0.1) is 0 Å². The van der Waals surface area contributed by atoms with Crippen molar-refractivity contribution in [2.45, 2.75) is 13.0 Å². The molecule has 1 amide bonds. The van der Waals surface area contributed by atoms with Gasteiger partial charge in [0.15, 0.2) is 5.43 Å². The van der Waals surface area contributed by atoms with Crippen LogP contribution in [0.5, 0.6) is 5.75 Å². The first kappa shape index (κ1) is 15.7. The molecule has 0 fully saturated rings. The largest absolute Gasteiger partial charge is 0.487 e. The van der Waals surface area contributed by atoms with Crippen LogP contribution in [0.3, 0.4) is 0 Å². The number of nitrogens with one attached hydrogen (secondary N) is 2. The quantitative estimate of drug-likeness (QED) is 0.753. The molecule has 1 aromatic carbocycles. The molecule has 0 aliphatic carbocycles. The molecule has 0 bridgehead atoms. The Kier molecular flexibility index (Phi) is 4.56. The van der Waals surface area contributed by atoms with E-state index in [0.717, 1.165) is 0 Å². The molecule has 0 saturated heterocycles. The highest BCUT2D eigenvalue weighted by Crippen LogP contribution is 2.09. The predicted molar refractivity (Wildman–Crippen MR) is 91.2 cm³/mol. The van der Waals surface area contributed by atoms with Crippen molar-refractivity contribution in [2.75, 3.05) is 6.54 Å². The molecule has 24 heavy (non-hydrogen) atoms. The van der Waals surface area contributed by atoms with Crippen LogP contribution in [0.4, 0.5) is 0 Å². The number of carbonyl (C=O) groups is 1. The molecule has 6 heteroatoms. The third-order valence-electron chi connectivity index (χ3n) is 3.50. The Hall–Kier alpha value is -3.15. The van der Waals surface area contributed by atoms with Gasteiger partial charge in [-0.05, 0) is 31.2 Å². The average Bonchev–Trinajstić information content (AvgIpc) is 2.60. The maximum atomic E-state index is 12.2. The number of carbonyl (C=O) groups excluding carboxylic acids is 1. The minimum absolute atomic E-state index is 0.186. The summed E-state index contributed by atoms with van der Waals surface area (Å²) in [6.07, 6.45) is 3.04. The second-order valence-electron chi connectivity index (χ2n) is 5.42. The first-order valence-corrected chi connectivity index (χ1v) is 7.60. The second kappa shape index (κ2) is 6.95. The summed E-state index contributed by atoms with van der Waals surface area (Å²) in [7, 11) is 0. The minimum atomic E-state index is -0.348. The lowest BCUT2D eigenvalue weighted by Crippen LogP contribution is -2.34. The maximum absolute atomic E-state index is 12.2. The zero-order valence-corrected chi connectivity index (χ0v) is 13.2. The van der Waals surface area contributed by atoms with Crippen LogP contribution >= 0.6 is 0 Å². The van der Waals surface area contributed by atoms with Crippen LogP contribution in [0.25, 0.3) is 10.9 Å². The molecule has 0 radical (unpaired) electrons. The maximum Gasteiger partial charge on any atom is 0.267 e. The Labute approximate surface area is 138 Å². The molecule has 0 saturated carbocycles. The molecule has 0 aliphatic heterocycles. The highest BCUT2D eigenvalue weighted by atomic mass is 16.5. The normalized spacial score (nSPS) is 11.9. The van der Waals surface area contributed by atoms with Gasteiger partial charge in [0.05, 0.1) is 12.7 Å². The predicted octanol–water partition coefficient (Wildman–Crippen LogP) is 2.12. The number of H-pyrrole nitrogens is 1. The van der Waals surface area contributed by atoms with Gasteiger partial charge < -0.3 is 15.0 Å². The molecule has 2 heterocycles. The van der Waals surface area contributed by atoms with Crippen LogP contribution in [0.15, 0.2) is 59.7 Å². The van der Waals surface area contributed by atoms with E-state index in [1.54, 1.807) is 42.7 Å². The molecular weight excluding hydrogens is 306 g/mol. The highest BCUT2D eigenvalue weighted by Gasteiger charge is 2.11. The van der Waals surface area contributed by atoms with E-state index in [4.69, 9.17) is 4.74 Å². The van der Waals surface area contributed by atoms with Crippen molar-refractivity contribution >= 4 is 16.8 Å². The third kappa shape index (κ3) is 3.60. The molecule has 122 valence electrons. The van der Waals surface area contributed by atoms with E-state index >= 15 is 0 Å². The van der Waals surface area contributed by atoms with E-state index < -0.39 is 0 Å². The molecule has 1 atom stereocenters. The van der Waals surface area contributed by atoms with Gasteiger partial charge in [0.25, 0.3) is 5.91 Å². The number of rotatable bonds is 5. The van der Waals surface area contributed by atoms with Crippen molar-refractivity contribution in [3.05, 3.63) is 70.8 Å². The zero-order valence-electron chi connectivity index (χ0n) is 13.2. The topological polar surface area (TPSA) is 84.1 Å². The number of fused-ring (bicyclic) bond motifs is 1. The average molecular weight is 323 g/mol. The van der Waals surface area contributed by atoms with Crippen LogP contribution in [-0.2, 0) is 0 Å². The standard InChI is InChI=1S/C18H17N3O3/c1-12(24-13-5-4-8-19-11-13)10-20-18(23)16-9-17(22)14-6-2-3-7-15(14)21-16/h2-9,11-12H,10H2,1H3,(H,20,23)(H,21,22). The summed E-state index contributed by atoms with van der Waals surface area (Å²) in [6, 6.07) is 12.0. The fraction of sp³-hybridized carbons (Fsp3) is 0.167. The first-order chi connectivity index (χ1) is 11.6. The number of ether oxygens (including phenoxy) is 1. The van der Waals surface area contributed by atoms with Gasteiger partial charge in [0.1, 0.15) is 17.5 Å². The second-order valence-corrected chi connectivity index (χ2v) is 5.42. The molecular formula is C18H17N3O3. The van der Waals surface area contributed by atoms with Crippen LogP contribution in [0.1, 0.15) is 17.4 Å². The number of hydrogen-bond donors (Lipinski definition) is 2. The Morgan fingerprint density at radius 1 is 1.29 bits per heavy atom. The Bertz CT molecular complexity index is 906. The molecule has 3 aromatic rings. The van der Waals surface area contributed by atoms with E-state index in [1.165, 1.54) is 6.07 Å². The number of pyridine rings is 2. The smallest absolute Gasteiger partial charge is 0.267 e. The molecule has 0 aliphatic rings. The van der Waals surface area contributed by atoms with Gasteiger partial charge in [-0.2, -0.15) is 0 Å². The fourth-order valence-electron chi connectivity index (χ4n) is 2.34. The molecule has 0 spiro atoms. The van der Waals surface area contributed by atoms with E-state index in [-0.39, 0.29) is 23.1 Å². The van der Waals surface area contributed by atoms with Gasteiger partial charge in [0, 0.05) is 23.2 Å². The van der Waals surface area contributed by atoms with Gasteiger partial charge in [0.2, 0.25) is 0 Å². The summed E-state index contributed by atoms with van der Waals surface area (Å²) in [5.41, 5.74) is 0.677. The van der Waals surface area contributed by atoms with E-state index in [2.05, 4.69) is 15.3 Å². The van der Waals surface area contributed by atoms with E-state index in [0.29, 0.717) is 23.2 Å². The van der Waals surface area contributed by atoms with E-state index in [9.17, 15) is 9.59 Å². The van der Waals surface area contributed by atoms with Crippen LogP contribution < -0.4 is 15.5 Å². The van der Waals surface area contributed by atoms with Gasteiger partial charge in [-0.1, -0.05) is 12.1 Å². The number of amides is 1. The SMILES string of the molecule is CC(CNC(=O)c1cc(=O)c2ccccc2[nH]1)Oc1cccnc1. The first-order valence-electron chi connectivity index (χ1n) is 7.60. The number of benzene rings is 1. The molecule has 6 nitrogen and oxygen atoms in total. The van der Waals surface area contributed by atoms with Gasteiger partial charge >= 0.3 is 0 Å². The van der Waals surface area contributed by atoms with Crippen molar-refractivity contribution < 1.29 is 9.53 Å². The molecule has 3 rings (SSSR count). The summed E-state index contributed by atoms with van der Waals surface area (Å²) < 4.78 is 5.65. The lowest BCUT2D eigenvalue weighted by molar-refractivity contribution is 0.0927. The summed E-state index contributed by atoms with van der Waals surface area (Å²) >= 11 is 0. The van der Waals surface area contributed by atoms with Crippen molar-refractivity contribution in [1.29, 1.82) is 0 Å². The Balaban J connectivity index is 1.66. The lowest BCUT2D eigenvalue weighted by atomic mass is 10.2. The lowest BCUT2D eigenvalue weighted by Gasteiger charge is -2.15. The Morgan fingerprint density at radius 3 is 2.92 bits per heavy atom. The third-order valence-corrected chi connectivity index (χ3v) is 3.50. The molecule has 2 aromatic heterocycles. The molecule has 2 N–H and O–H groups in total. The summed E-state index contributed by atoms with van der Waals surface area (Å²) in [6.45, 7) is 2.15. The van der Waals surface area contributed by atoms with Gasteiger partial charge in [-0.15, -0.1) is 0 Å². The van der Waals surface area contributed by atoms with Crippen molar-refractivity contribution in [2.24, 2.45) is 0 Å². The number of hydrogen-bond acceptors (Lipinski definition) is 4. The fourth-order valence-corrected chi connectivity index (χ4v) is 2.34. The number of aromatic amines is 1. The van der Waals surface area contributed by atoms with Crippen LogP contribution in [0.2, 0.25) is 0 Å².